The lowest BCUT2D eigenvalue weighted by Gasteiger charge is -2.09. The van der Waals surface area contributed by atoms with Gasteiger partial charge in [0.05, 0.1) is 23.8 Å². The number of anilines is 1. The summed E-state index contributed by atoms with van der Waals surface area (Å²) in [4.78, 5) is 36.1. The first-order valence-corrected chi connectivity index (χ1v) is 10.3. The Morgan fingerprint density at radius 1 is 1.15 bits per heavy atom. The van der Waals surface area contributed by atoms with Crippen molar-refractivity contribution in [3.63, 3.8) is 0 Å². The van der Waals surface area contributed by atoms with Gasteiger partial charge in [-0.2, -0.15) is 0 Å². The standard InChI is InChI=1S/C25H22N4O4/c1-3-20-28-23(22-19(25(31)32)14-26-24(22)29-20)16-5-4-6-17(13-16)27-21(30)12-9-15-7-10-18(33-2)11-8-15/h4-14H,3H2,1-2H3,(H,27,30)(H,31,32)(H,26,28,29)/b12-9+. The SMILES string of the molecule is CCc1nc(-c2cccc(NC(=O)/C=C/c3ccc(OC)cc3)c2)c2c(C(=O)O)c[nH]c2n1. The van der Waals surface area contributed by atoms with Crippen LogP contribution in [0.5, 0.6) is 5.75 Å². The number of amides is 1. The van der Waals surface area contributed by atoms with Gasteiger partial charge in [0.25, 0.3) is 0 Å². The Balaban J connectivity index is 1.62. The summed E-state index contributed by atoms with van der Waals surface area (Å²) in [6, 6.07) is 14.5. The van der Waals surface area contributed by atoms with Gasteiger partial charge in [-0.25, -0.2) is 14.8 Å². The van der Waals surface area contributed by atoms with E-state index >= 15 is 0 Å². The number of methoxy groups -OCH3 is 1. The molecule has 166 valence electrons. The number of H-pyrrole nitrogens is 1. The molecule has 8 heteroatoms. The zero-order valence-electron chi connectivity index (χ0n) is 18.1. The topological polar surface area (TPSA) is 117 Å². The van der Waals surface area contributed by atoms with E-state index in [4.69, 9.17) is 4.74 Å². The molecule has 0 unspecified atom stereocenters. The molecule has 4 rings (SSSR count). The molecule has 0 bridgehead atoms. The number of aryl methyl sites for hydroxylation is 1. The fraction of sp³-hybridized carbons (Fsp3) is 0.120. The number of carbonyl (C=O) groups excluding carboxylic acids is 1. The van der Waals surface area contributed by atoms with Gasteiger partial charge in [0.2, 0.25) is 5.91 Å². The number of aromatic amines is 1. The number of aromatic carboxylic acids is 1. The second-order valence-corrected chi connectivity index (χ2v) is 7.25. The number of hydrogen-bond acceptors (Lipinski definition) is 5. The first-order chi connectivity index (χ1) is 16.0. The molecule has 4 aromatic rings. The van der Waals surface area contributed by atoms with Crippen LogP contribution in [0.2, 0.25) is 0 Å². The van der Waals surface area contributed by atoms with Crippen molar-refractivity contribution in [1.82, 2.24) is 15.0 Å². The summed E-state index contributed by atoms with van der Waals surface area (Å²) in [7, 11) is 1.60. The molecule has 33 heavy (non-hydrogen) atoms. The molecule has 0 saturated carbocycles. The normalized spacial score (nSPS) is 11.1. The van der Waals surface area contributed by atoms with Gasteiger partial charge in [-0.1, -0.05) is 31.2 Å². The van der Waals surface area contributed by atoms with Crippen molar-refractivity contribution < 1.29 is 19.4 Å². The number of nitrogens with one attached hydrogen (secondary N) is 2. The number of nitrogens with zero attached hydrogens (tertiary/aromatic N) is 2. The number of fused-ring (bicyclic) bond motifs is 1. The molecule has 2 aromatic carbocycles. The zero-order chi connectivity index (χ0) is 23.4. The molecule has 3 N–H and O–H groups in total. The van der Waals surface area contributed by atoms with E-state index in [1.165, 1.54) is 12.3 Å². The van der Waals surface area contributed by atoms with E-state index < -0.39 is 5.97 Å². The fourth-order valence-electron chi connectivity index (χ4n) is 3.43. The van der Waals surface area contributed by atoms with Gasteiger partial charge < -0.3 is 20.1 Å². The van der Waals surface area contributed by atoms with Crippen LogP contribution in [0.4, 0.5) is 5.69 Å². The molecule has 2 heterocycles. The molecule has 0 fully saturated rings. The maximum Gasteiger partial charge on any atom is 0.338 e. The molecule has 1 amide bonds. The first-order valence-electron chi connectivity index (χ1n) is 10.3. The van der Waals surface area contributed by atoms with Crippen LogP contribution in [0, 0.1) is 0 Å². The van der Waals surface area contributed by atoms with Crippen molar-refractivity contribution in [1.29, 1.82) is 0 Å². The van der Waals surface area contributed by atoms with E-state index in [-0.39, 0.29) is 11.5 Å². The third kappa shape index (κ3) is 4.74. The molecule has 0 atom stereocenters. The molecule has 0 aliphatic carbocycles. The highest BCUT2D eigenvalue weighted by Crippen LogP contribution is 2.30. The lowest BCUT2D eigenvalue weighted by molar-refractivity contribution is -0.111. The average Bonchev–Trinajstić information content (AvgIpc) is 3.27. The number of ether oxygens (including phenoxy) is 1. The monoisotopic (exact) mass is 442 g/mol. The lowest BCUT2D eigenvalue weighted by atomic mass is 10.1. The number of aromatic nitrogens is 3. The van der Waals surface area contributed by atoms with Crippen molar-refractivity contribution in [2.45, 2.75) is 13.3 Å². The number of carboxylic acids is 1. The Hall–Kier alpha value is -4.46. The Labute approximate surface area is 190 Å². The van der Waals surface area contributed by atoms with Crippen LogP contribution in [-0.2, 0) is 11.2 Å². The minimum Gasteiger partial charge on any atom is -0.497 e. The Kier molecular flexibility index (Phi) is 6.17. The third-order valence-corrected chi connectivity index (χ3v) is 5.07. The highest BCUT2D eigenvalue weighted by atomic mass is 16.5. The molecular weight excluding hydrogens is 420 g/mol. The van der Waals surface area contributed by atoms with Crippen LogP contribution < -0.4 is 10.1 Å². The summed E-state index contributed by atoms with van der Waals surface area (Å²) in [5.41, 5.74) is 3.17. The summed E-state index contributed by atoms with van der Waals surface area (Å²) in [6.07, 6.45) is 5.16. The Morgan fingerprint density at radius 3 is 2.64 bits per heavy atom. The maximum atomic E-state index is 12.4. The minimum atomic E-state index is -1.07. The van der Waals surface area contributed by atoms with E-state index in [2.05, 4.69) is 20.3 Å². The summed E-state index contributed by atoms with van der Waals surface area (Å²) >= 11 is 0. The first kappa shape index (κ1) is 21.8. The maximum absolute atomic E-state index is 12.4. The second-order valence-electron chi connectivity index (χ2n) is 7.25. The largest absolute Gasteiger partial charge is 0.497 e. The van der Waals surface area contributed by atoms with Crippen LogP contribution in [-0.4, -0.2) is 39.0 Å². The number of carboxylic acid groups (broad SMARTS) is 1. The van der Waals surface area contributed by atoms with Crippen LogP contribution in [0.15, 0.2) is 60.8 Å². The molecule has 2 aromatic heterocycles. The van der Waals surface area contributed by atoms with Crippen molar-refractivity contribution in [2.24, 2.45) is 0 Å². The number of carbonyl (C=O) groups is 2. The molecule has 0 aliphatic heterocycles. The van der Waals surface area contributed by atoms with Crippen molar-refractivity contribution in [2.75, 3.05) is 12.4 Å². The van der Waals surface area contributed by atoms with Crippen molar-refractivity contribution >= 4 is 34.7 Å². The average molecular weight is 442 g/mol. The second kappa shape index (κ2) is 9.35. The molecule has 0 spiro atoms. The van der Waals surface area contributed by atoms with Crippen molar-refractivity contribution in [3.8, 4) is 17.0 Å². The highest BCUT2D eigenvalue weighted by Gasteiger charge is 2.19. The van der Waals surface area contributed by atoms with Crippen LogP contribution in [0.25, 0.3) is 28.4 Å². The summed E-state index contributed by atoms with van der Waals surface area (Å²) in [5.74, 6) is -0.0264. The van der Waals surface area contributed by atoms with Crippen molar-refractivity contribution in [3.05, 3.63) is 77.8 Å². The van der Waals surface area contributed by atoms with E-state index in [1.54, 1.807) is 31.4 Å². The van der Waals surface area contributed by atoms with Gasteiger partial charge in [0.15, 0.2) is 0 Å². The number of hydrogen-bond donors (Lipinski definition) is 3. The van der Waals surface area contributed by atoms with Crippen LogP contribution in [0.1, 0.15) is 28.7 Å². The van der Waals surface area contributed by atoms with Gasteiger partial charge in [0.1, 0.15) is 17.2 Å². The third-order valence-electron chi connectivity index (χ3n) is 5.07. The predicted molar refractivity (Wildman–Crippen MR) is 126 cm³/mol. The van der Waals surface area contributed by atoms with Gasteiger partial charge in [0, 0.05) is 29.9 Å². The van der Waals surface area contributed by atoms with Gasteiger partial charge in [-0.05, 0) is 35.9 Å². The molecular formula is C25H22N4O4. The van der Waals surface area contributed by atoms with E-state index in [1.807, 2.05) is 37.3 Å². The fourth-order valence-corrected chi connectivity index (χ4v) is 3.43. The van der Waals surface area contributed by atoms with E-state index in [9.17, 15) is 14.7 Å². The molecule has 8 nitrogen and oxygen atoms in total. The smallest absolute Gasteiger partial charge is 0.338 e. The zero-order valence-corrected chi connectivity index (χ0v) is 18.1. The predicted octanol–water partition coefficient (Wildman–Crippen LogP) is 4.55. The quantitative estimate of drug-likeness (QED) is 0.362. The summed E-state index contributed by atoms with van der Waals surface area (Å²) < 4.78 is 5.13. The Bertz CT molecular complexity index is 1360. The molecule has 0 radical (unpaired) electrons. The highest BCUT2D eigenvalue weighted by molar-refractivity contribution is 6.08. The van der Waals surface area contributed by atoms with Gasteiger partial charge >= 0.3 is 5.97 Å². The summed E-state index contributed by atoms with van der Waals surface area (Å²) in [5, 5.41) is 12.8. The molecule has 0 aliphatic rings. The summed E-state index contributed by atoms with van der Waals surface area (Å²) in [6.45, 7) is 1.93. The van der Waals surface area contributed by atoms with Gasteiger partial charge in [-0.3, -0.25) is 4.79 Å². The van der Waals surface area contributed by atoms with E-state index in [0.29, 0.717) is 40.2 Å². The van der Waals surface area contributed by atoms with Crippen LogP contribution >= 0.6 is 0 Å². The minimum absolute atomic E-state index is 0.0968. The van der Waals surface area contributed by atoms with Gasteiger partial charge in [-0.15, -0.1) is 0 Å². The van der Waals surface area contributed by atoms with Crippen LogP contribution in [0.3, 0.4) is 0 Å². The Morgan fingerprint density at radius 2 is 1.94 bits per heavy atom. The van der Waals surface area contributed by atoms with E-state index in [0.717, 1.165) is 11.3 Å². The lowest BCUT2D eigenvalue weighted by Crippen LogP contribution is -2.08. The number of rotatable bonds is 7. The molecule has 0 saturated heterocycles. The number of benzene rings is 2.